The molecule has 0 aliphatic rings. The fraction of sp³-hybridized carbons (Fsp3) is 0.240. The summed E-state index contributed by atoms with van der Waals surface area (Å²) < 4.78 is 11.3. The van der Waals surface area contributed by atoms with Crippen molar-refractivity contribution in [1.29, 1.82) is 0 Å². The summed E-state index contributed by atoms with van der Waals surface area (Å²) in [5, 5.41) is 10.2. The molecule has 0 amide bonds. The van der Waals surface area contributed by atoms with E-state index in [4.69, 9.17) is 9.47 Å². The first-order valence-electron chi connectivity index (χ1n) is 9.85. The zero-order valence-corrected chi connectivity index (χ0v) is 16.7. The average Bonchev–Trinajstić information content (AvgIpc) is 2.78. The van der Waals surface area contributed by atoms with E-state index in [-0.39, 0.29) is 6.61 Å². The number of nitrogens with zero attached hydrogens (tertiary/aromatic N) is 1. The van der Waals surface area contributed by atoms with Crippen LogP contribution in [-0.2, 0) is 6.42 Å². The van der Waals surface area contributed by atoms with Gasteiger partial charge in [-0.2, -0.15) is 0 Å². The average molecular weight is 389 g/mol. The Hall–Kier alpha value is -3.11. The third-order valence-corrected chi connectivity index (χ3v) is 4.61. The third kappa shape index (κ3) is 6.77. The molecule has 0 fully saturated rings. The van der Waals surface area contributed by atoms with Crippen molar-refractivity contribution in [1.82, 2.24) is 4.98 Å². The fourth-order valence-corrected chi connectivity index (χ4v) is 3.02. The largest absolute Gasteiger partial charge is 0.493 e. The lowest BCUT2D eigenvalue weighted by molar-refractivity contribution is 0.0966. The molecule has 0 spiro atoms. The molecule has 1 aromatic heterocycles. The van der Waals surface area contributed by atoms with Crippen LogP contribution in [0.4, 0.5) is 0 Å². The Bertz CT molecular complexity index is 894. The highest BCUT2D eigenvalue weighted by Crippen LogP contribution is 2.29. The summed E-state index contributed by atoms with van der Waals surface area (Å²) in [6, 6.07) is 19.9. The second kappa shape index (κ2) is 11.0. The molecule has 0 aliphatic heterocycles. The van der Waals surface area contributed by atoms with E-state index in [2.05, 4.69) is 29.3 Å². The van der Waals surface area contributed by atoms with Crippen molar-refractivity contribution in [3.05, 3.63) is 89.7 Å². The van der Waals surface area contributed by atoms with Crippen molar-refractivity contribution in [3.8, 4) is 11.5 Å². The standard InChI is InChI=1S/C25H27NO3/c1-28-25-17-21(13-12-20-7-3-2-4-8-20)14-15-24(25)29-19-23(27)11-5-9-22-10-6-16-26-18-22/h2-4,6-8,10,12-18,23,27H,5,9,11,19H2,1H3/b13-12+. The number of aromatic nitrogens is 1. The van der Waals surface area contributed by atoms with Crippen LogP contribution in [0.2, 0.25) is 0 Å². The predicted molar refractivity (Wildman–Crippen MR) is 117 cm³/mol. The highest BCUT2D eigenvalue weighted by Gasteiger charge is 2.09. The van der Waals surface area contributed by atoms with Gasteiger partial charge in [-0.15, -0.1) is 0 Å². The SMILES string of the molecule is COc1cc(/C=C/c2ccccc2)ccc1OCC(O)CCCc1cccnc1. The second-order valence-corrected chi connectivity index (χ2v) is 6.87. The molecule has 0 saturated carbocycles. The zero-order valence-electron chi connectivity index (χ0n) is 16.7. The topological polar surface area (TPSA) is 51.6 Å². The summed E-state index contributed by atoms with van der Waals surface area (Å²) in [7, 11) is 1.62. The van der Waals surface area contributed by atoms with E-state index in [1.54, 1.807) is 13.3 Å². The van der Waals surface area contributed by atoms with Crippen LogP contribution in [0.1, 0.15) is 29.5 Å². The van der Waals surface area contributed by atoms with E-state index in [9.17, 15) is 5.11 Å². The van der Waals surface area contributed by atoms with E-state index in [0.29, 0.717) is 17.9 Å². The number of benzene rings is 2. The van der Waals surface area contributed by atoms with Crippen molar-refractivity contribution in [2.45, 2.75) is 25.4 Å². The first kappa shape index (κ1) is 20.6. The maximum atomic E-state index is 10.2. The highest BCUT2D eigenvalue weighted by molar-refractivity contribution is 5.70. The number of hydrogen-bond donors (Lipinski definition) is 1. The number of methoxy groups -OCH3 is 1. The molecular formula is C25H27NO3. The molecule has 3 rings (SSSR count). The molecule has 29 heavy (non-hydrogen) atoms. The molecule has 0 bridgehead atoms. The van der Waals surface area contributed by atoms with Crippen LogP contribution in [0.3, 0.4) is 0 Å². The van der Waals surface area contributed by atoms with Crippen LogP contribution in [0.15, 0.2) is 73.1 Å². The van der Waals surface area contributed by atoms with Gasteiger partial charge in [-0.25, -0.2) is 0 Å². The number of ether oxygens (including phenoxy) is 2. The van der Waals surface area contributed by atoms with Gasteiger partial charge < -0.3 is 14.6 Å². The quantitative estimate of drug-likeness (QED) is 0.495. The Morgan fingerprint density at radius 3 is 2.55 bits per heavy atom. The molecular weight excluding hydrogens is 362 g/mol. The van der Waals surface area contributed by atoms with E-state index >= 15 is 0 Å². The summed E-state index contributed by atoms with van der Waals surface area (Å²) in [5.74, 6) is 1.29. The van der Waals surface area contributed by atoms with Gasteiger partial charge in [-0.3, -0.25) is 4.98 Å². The van der Waals surface area contributed by atoms with Crippen LogP contribution < -0.4 is 9.47 Å². The number of pyridine rings is 1. The summed E-state index contributed by atoms with van der Waals surface area (Å²) in [5.41, 5.74) is 3.35. The van der Waals surface area contributed by atoms with Gasteiger partial charge in [0.05, 0.1) is 13.2 Å². The minimum atomic E-state index is -0.519. The van der Waals surface area contributed by atoms with Crippen molar-refractivity contribution < 1.29 is 14.6 Å². The van der Waals surface area contributed by atoms with Crippen LogP contribution in [0, 0.1) is 0 Å². The van der Waals surface area contributed by atoms with Crippen LogP contribution in [0.25, 0.3) is 12.2 Å². The summed E-state index contributed by atoms with van der Waals surface area (Å²) in [4.78, 5) is 4.11. The minimum absolute atomic E-state index is 0.239. The Balaban J connectivity index is 1.50. The molecule has 0 saturated heterocycles. The summed E-state index contributed by atoms with van der Waals surface area (Å²) in [6.45, 7) is 0.239. The molecule has 1 N–H and O–H groups in total. The molecule has 3 aromatic rings. The van der Waals surface area contributed by atoms with Gasteiger partial charge in [0.1, 0.15) is 6.61 Å². The normalized spacial score (nSPS) is 12.1. The maximum Gasteiger partial charge on any atom is 0.161 e. The number of aliphatic hydroxyl groups is 1. The Labute approximate surface area is 172 Å². The molecule has 0 radical (unpaired) electrons. The van der Waals surface area contributed by atoms with Crippen LogP contribution in [-0.4, -0.2) is 29.9 Å². The third-order valence-electron chi connectivity index (χ3n) is 4.61. The first-order chi connectivity index (χ1) is 14.2. The van der Waals surface area contributed by atoms with Crippen molar-refractivity contribution >= 4 is 12.2 Å². The monoisotopic (exact) mass is 389 g/mol. The second-order valence-electron chi connectivity index (χ2n) is 6.87. The van der Waals surface area contributed by atoms with E-state index in [1.165, 1.54) is 5.56 Å². The van der Waals surface area contributed by atoms with E-state index in [0.717, 1.165) is 24.0 Å². The van der Waals surface area contributed by atoms with Gasteiger partial charge in [0.15, 0.2) is 11.5 Å². The van der Waals surface area contributed by atoms with Crippen LogP contribution >= 0.6 is 0 Å². The predicted octanol–water partition coefficient (Wildman–Crippen LogP) is 5.02. The smallest absolute Gasteiger partial charge is 0.161 e. The van der Waals surface area contributed by atoms with Crippen molar-refractivity contribution in [2.24, 2.45) is 0 Å². The Morgan fingerprint density at radius 1 is 0.966 bits per heavy atom. The maximum absolute atomic E-state index is 10.2. The number of rotatable bonds is 10. The summed E-state index contributed by atoms with van der Waals surface area (Å²) in [6.07, 6.45) is 9.66. The van der Waals surface area contributed by atoms with Gasteiger partial charge in [0.25, 0.3) is 0 Å². The summed E-state index contributed by atoms with van der Waals surface area (Å²) >= 11 is 0. The molecule has 0 aliphatic carbocycles. The van der Waals surface area contributed by atoms with Gasteiger partial charge in [0.2, 0.25) is 0 Å². The van der Waals surface area contributed by atoms with Gasteiger partial charge in [-0.05, 0) is 54.2 Å². The first-order valence-corrected chi connectivity index (χ1v) is 9.85. The lowest BCUT2D eigenvalue weighted by atomic mass is 10.1. The lowest BCUT2D eigenvalue weighted by Gasteiger charge is -2.15. The molecule has 2 aromatic carbocycles. The molecule has 1 unspecified atom stereocenters. The van der Waals surface area contributed by atoms with Crippen molar-refractivity contribution in [3.63, 3.8) is 0 Å². The molecule has 1 heterocycles. The minimum Gasteiger partial charge on any atom is -0.493 e. The Kier molecular flexibility index (Phi) is 7.84. The molecule has 4 heteroatoms. The molecule has 4 nitrogen and oxygen atoms in total. The number of aliphatic hydroxyl groups excluding tert-OH is 1. The molecule has 150 valence electrons. The number of hydrogen-bond acceptors (Lipinski definition) is 4. The van der Waals surface area contributed by atoms with Gasteiger partial charge in [-0.1, -0.05) is 54.6 Å². The zero-order chi connectivity index (χ0) is 20.3. The molecule has 1 atom stereocenters. The fourth-order valence-electron chi connectivity index (χ4n) is 3.02. The van der Waals surface area contributed by atoms with Crippen LogP contribution in [0.5, 0.6) is 11.5 Å². The van der Waals surface area contributed by atoms with Gasteiger partial charge in [0, 0.05) is 12.4 Å². The lowest BCUT2D eigenvalue weighted by Crippen LogP contribution is -2.18. The van der Waals surface area contributed by atoms with E-state index in [1.807, 2.05) is 54.7 Å². The Morgan fingerprint density at radius 2 is 1.79 bits per heavy atom. The highest BCUT2D eigenvalue weighted by atomic mass is 16.5. The van der Waals surface area contributed by atoms with Gasteiger partial charge >= 0.3 is 0 Å². The van der Waals surface area contributed by atoms with E-state index < -0.39 is 6.10 Å². The number of aryl methyl sites for hydroxylation is 1. The van der Waals surface area contributed by atoms with Crippen molar-refractivity contribution in [2.75, 3.05) is 13.7 Å².